The summed E-state index contributed by atoms with van der Waals surface area (Å²) in [5, 5.41) is 8.83. The molecule has 4 nitrogen and oxygen atoms in total. The molecule has 0 amide bonds. The predicted octanol–water partition coefficient (Wildman–Crippen LogP) is 1.66. The van der Waals surface area contributed by atoms with Gasteiger partial charge in [0.05, 0.1) is 6.54 Å². The zero-order valence-electron chi connectivity index (χ0n) is 11.3. The minimum atomic E-state index is -0.698. The lowest BCUT2D eigenvalue weighted by Gasteiger charge is -2.28. The molecule has 2 aliphatic rings. The summed E-state index contributed by atoms with van der Waals surface area (Å²) in [5.41, 5.74) is 0. The van der Waals surface area contributed by atoms with E-state index in [0.717, 1.165) is 38.5 Å². The van der Waals surface area contributed by atoms with Gasteiger partial charge >= 0.3 is 5.97 Å². The van der Waals surface area contributed by atoms with E-state index in [1.54, 1.807) is 0 Å². The fourth-order valence-electron chi connectivity index (χ4n) is 3.29. The second kappa shape index (κ2) is 7.10. The molecular weight excluding hydrogens is 228 g/mol. The van der Waals surface area contributed by atoms with Crippen LogP contribution in [0.5, 0.6) is 0 Å². The third-order valence-corrected chi connectivity index (χ3v) is 4.28. The molecule has 104 valence electrons. The molecule has 0 aromatic carbocycles. The minimum absolute atomic E-state index is 0.206. The van der Waals surface area contributed by atoms with Gasteiger partial charge in [-0.3, -0.25) is 9.69 Å². The Bertz CT molecular complexity index is 265. The topological polar surface area (TPSA) is 43.8 Å². The van der Waals surface area contributed by atoms with E-state index in [2.05, 4.69) is 9.80 Å². The molecule has 0 aromatic heterocycles. The summed E-state index contributed by atoms with van der Waals surface area (Å²) in [6, 6.07) is 0. The van der Waals surface area contributed by atoms with Crippen molar-refractivity contribution in [2.45, 2.75) is 38.5 Å². The molecule has 4 heteroatoms. The molecule has 0 bridgehead atoms. The maximum absolute atomic E-state index is 10.7. The van der Waals surface area contributed by atoms with Crippen LogP contribution in [-0.4, -0.2) is 60.1 Å². The van der Waals surface area contributed by atoms with E-state index >= 15 is 0 Å². The van der Waals surface area contributed by atoms with Crippen molar-refractivity contribution in [3.05, 3.63) is 0 Å². The van der Waals surface area contributed by atoms with E-state index in [1.165, 1.54) is 38.6 Å². The van der Waals surface area contributed by atoms with Crippen molar-refractivity contribution in [3.63, 3.8) is 0 Å². The van der Waals surface area contributed by atoms with E-state index in [4.69, 9.17) is 5.11 Å². The molecule has 18 heavy (non-hydrogen) atoms. The fourth-order valence-corrected chi connectivity index (χ4v) is 3.29. The first-order valence-electron chi connectivity index (χ1n) is 7.40. The number of nitrogens with zero attached hydrogens (tertiary/aromatic N) is 2. The van der Waals surface area contributed by atoms with Gasteiger partial charge in [0.2, 0.25) is 0 Å². The maximum Gasteiger partial charge on any atom is 0.317 e. The molecule has 0 aromatic rings. The standard InChI is InChI=1S/C14H26N2O2/c17-14(18)12-16-8-4-7-15(9-10-16)11-13-5-2-1-3-6-13/h13H,1-12H2,(H,17,18). The quantitative estimate of drug-likeness (QED) is 0.828. The third kappa shape index (κ3) is 4.58. The molecule has 0 radical (unpaired) electrons. The molecule has 2 fully saturated rings. The number of carboxylic acid groups (broad SMARTS) is 1. The highest BCUT2D eigenvalue weighted by atomic mass is 16.4. The minimum Gasteiger partial charge on any atom is -0.480 e. The van der Waals surface area contributed by atoms with Crippen LogP contribution in [0.15, 0.2) is 0 Å². The van der Waals surface area contributed by atoms with Crippen molar-refractivity contribution in [3.8, 4) is 0 Å². The number of carbonyl (C=O) groups is 1. The molecule has 2 rings (SSSR count). The first kappa shape index (κ1) is 13.8. The summed E-state index contributed by atoms with van der Waals surface area (Å²) in [6.45, 7) is 5.49. The van der Waals surface area contributed by atoms with E-state index in [1.807, 2.05) is 0 Å². The summed E-state index contributed by atoms with van der Waals surface area (Å²) >= 11 is 0. The smallest absolute Gasteiger partial charge is 0.317 e. The summed E-state index contributed by atoms with van der Waals surface area (Å²) in [4.78, 5) is 15.3. The molecule has 1 aliphatic heterocycles. The second-order valence-electron chi connectivity index (χ2n) is 5.83. The van der Waals surface area contributed by atoms with Gasteiger partial charge in [-0.25, -0.2) is 0 Å². The van der Waals surface area contributed by atoms with Crippen LogP contribution in [0, 0.1) is 5.92 Å². The van der Waals surface area contributed by atoms with Crippen molar-refractivity contribution in [2.75, 3.05) is 39.3 Å². The van der Waals surface area contributed by atoms with Crippen LogP contribution in [0.4, 0.5) is 0 Å². The molecule has 1 aliphatic carbocycles. The summed E-state index contributed by atoms with van der Waals surface area (Å²) in [7, 11) is 0. The maximum atomic E-state index is 10.7. The zero-order chi connectivity index (χ0) is 12.8. The van der Waals surface area contributed by atoms with Gasteiger partial charge in [-0.1, -0.05) is 19.3 Å². The van der Waals surface area contributed by atoms with E-state index in [-0.39, 0.29) is 6.54 Å². The third-order valence-electron chi connectivity index (χ3n) is 4.28. The molecule has 1 saturated heterocycles. The van der Waals surface area contributed by atoms with Gasteiger partial charge in [0.25, 0.3) is 0 Å². The van der Waals surface area contributed by atoms with Gasteiger partial charge in [-0.2, -0.15) is 0 Å². The predicted molar refractivity (Wildman–Crippen MR) is 71.7 cm³/mol. The van der Waals surface area contributed by atoms with Crippen LogP contribution in [0.3, 0.4) is 0 Å². The van der Waals surface area contributed by atoms with Gasteiger partial charge in [-0.05, 0) is 31.7 Å². The Morgan fingerprint density at radius 1 is 0.944 bits per heavy atom. The number of carboxylic acids is 1. The van der Waals surface area contributed by atoms with Crippen molar-refractivity contribution in [1.29, 1.82) is 0 Å². The van der Waals surface area contributed by atoms with Crippen molar-refractivity contribution < 1.29 is 9.90 Å². The first-order chi connectivity index (χ1) is 8.74. The highest BCUT2D eigenvalue weighted by Crippen LogP contribution is 2.24. The lowest BCUT2D eigenvalue weighted by molar-refractivity contribution is -0.138. The summed E-state index contributed by atoms with van der Waals surface area (Å²) in [5.74, 6) is 0.195. The SMILES string of the molecule is O=C(O)CN1CCCN(CC2CCCCC2)CC1. The average Bonchev–Trinajstić information content (AvgIpc) is 2.56. The number of hydrogen-bond donors (Lipinski definition) is 1. The molecule has 0 atom stereocenters. The monoisotopic (exact) mass is 254 g/mol. The number of hydrogen-bond acceptors (Lipinski definition) is 3. The lowest BCUT2D eigenvalue weighted by Crippen LogP contribution is -2.36. The van der Waals surface area contributed by atoms with E-state index in [9.17, 15) is 4.79 Å². The molecule has 0 unspecified atom stereocenters. The van der Waals surface area contributed by atoms with Gasteiger partial charge < -0.3 is 10.0 Å². The summed E-state index contributed by atoms with van der Waals surface area (Å²) < 4.78 is 0. The molecule has 1 saturated carbocycles. The number of aliphatic carboxylic acids is 1. The van der Waals surface area contributed by atoms with Crippen LogP contribution in [0.25, 0.3) is 0 Å². The second-order valence-corrected chi connectivity index (χ2v) is 5.83. The van der Waals surface area contributed by atoms with Crippen LogP contribution in [-0.2, 0) is 4.79 Å². The van der Waals surface area contributed by atoms with Gasteiger partial charge in [0, 0.05) is 26.2 Å². The average molecular weight is 254 g/mol. The largest absolute Gasteiger partial charge is 0.480 e. The normalized spacial score (nSPS) is 24.9. The highest BCUT2D eigenvalue weighted by Gasteiger charge is 2.20. The number of rotatable bonds is 4. The van der Waals surface area contributed by atoms with E-state index in [0.29, 0.717) is 0 Å². The Balaban J connectivity index is 1.72. The first-order valence-corrected chi connectivity index (χ1v) is 7.40. The Kier molecular flexibility index (Phi) is 5.45. The Morgan fingerprint density at radius 2 is 1.61 bits per heavy atom. The molecule has 0 spiro atoms. The Labute approximate surface area is 110 Å². The van der Waals surface area contributed by atoms with Crippen LogP contribution in [0.2, 0.25) is 0 Å². The molecule has 1 N–H and O–H groups in total. The Morgan fingerprint density at radius 3 is 2.33 bits per heavy atom. The van der Waals surface area contributed by atoms with Gasteiger partial charge in [-0.15, -0.1) is 0 Å². The fraction of sp³-hybridized carbons (Fsp3) is 0.929. The van der Waals surface area contributed by atoms with Crippen molar-refractivity contribution >= 4 is 5.97 Å². The molecule has 1 heterocycles. The van der Waals surface area contributed by atoms with Gasteiger partial charge in [0.1, 0.15) is 0 Å². The molecular formula is C14H26N2O2. The summed E-state index contributed by atoms with van der Waals surface area (Å²) in [6.07, 6.45) is 8.14. The van der Waals surface area contributed by atoms with E-state index < -0.39 is 5.97 Å². The van der Waals surface area contributed by atoms with Crippen LogP contribution >= 0.6 is 0 Å². The van der Waals surface area contributed by atoms with Gasteiger partial charge in [0.15, 0.2) is 0 Å². The van der Waals surface area contributed by atoms with Crippen molar-refractivity contribution in [1.82, 2.24) is 9.80 Å². The Hall–Kier alpha value is -0.610. The van der Waals surface area contributed by atoms with Crippen LogP contribution < -0.4 is 0 Å². The lowest BCUT2D eigenvalue weighted by atomic mass is 9.89. The highest BCUT2D eigenvalue weighted by molar-refractivity contribution is 5.69. The van der Waals surface area contributed by atoms with Crippen molar-refractivity contribution in [2.24, 2.45) is 5.92 Å². The van der Waals surface area contributed by atoms with Crippen LogP contribution in [0.1, 0.15) is 38.5 Å². The zero-order valence-corrected chi connectivity index (χ0v) is 11.3.